The second kappa shape index (κ2) is 8.01. The highest BCUT2D eigenvalue weighted by molar-refractivity contribution is 7.17. The Bertz CT molecular complexity index is 713. The summed E-state index contributed by atoms with van der Waals surface area (Å²) in [7, 11) is 0. The van der Waals surface area contributed by atoms with Crippen LogP contribution in [0.5, 0.6) is 0 Å². The number of aromatic nitrogens is 2. The molecule has 0 saturated heterocycles. The van der Waals surface area contributed by atoms with Gasteiger partial charge in [0.05, 0.1) is 17.9 Å². The number of amides is 2. The molecule has 0 saturated carbocycles. The Labute approximate surface area is 145 Å². The van der Waals surface area contributed by atoms with E-state index in [4.69, 9.17) is 0 Å². The van der Waals surface area contributed by atoms with Crippen LogP contribution in [0.1, 0.15) is 36.1 Å². The zero-order chi connectivity index (χ0) is 17.7. The lowest BCUT2D eigenvalue weighted by molar-refractivity contribution is -0.122. The Hall–Kier alpha value is -2.28. The molecule has 0 aromatic carbocycles. The molecule has 0 fully saturated rings. The van der Waals surface area contributed by atoms with E-state index in [1.54, 1.807) is 13.1 Å². The topological polar surface area (TPSA) is 75.2 Å². The Morgan fingerprint density at radius 2 is 2.08 bits per heavy atom. The molecule has 0 aliphatic rings. The highest BCUT2D eigenvalue weighted by atomic mass is 32.1. The first kappa shape index (κ1) is 18.1. The van der Waals surface area contributed by atoms with Crippen molar-refractivity contribution in [3.05, 3.63) is 35.0 Å². The summed E-state index contributed by atoms with van der Waals surface area (Å²) in [6.07, 6.45) is 1.70. The second-order valence-corrected chi connectivity index (χ2v) is 6.69. The number of thiazole rings is 1. The molecule has 7 heteroatoms. The van der Waals surface area contributed by atoms with Crippen LogP contribution in [0.2, 0.25) is 0 Å². The van der Waals surface area contributed by atoms with Gasteiger partial charge in [-0.2, -0.15) is 0 Å². The van der Waals surface area contributed by atoms with Gasteiger partial charge in [-0.1, -0.05) is 6.07 Å². The molecule has 0 atom stereocenters. The van der Waals surface area contributed by atoms with Crippen LogP contribution in [-0.4, -0.2) is 45.8 Å². The fraction of sp³-hybridized carbons (Fsp3) is 0.412. The van der Waals surface area contributed by atoms with Gasteiger partial charge in [0.1, 0.15) is 9.88 Å². The summed E-state index contributed by atoms with van der Waals surface area (Å²) < 4.78 is 0. The van der Waals surface area contributed by atoms with E-state index >= 15 is 0 Å². The van der Waals surface area contributed by atoms with Gasteiger partial charge in [-0.15, -0.1) is 11.3 Å². The van der Waals surface area contributed by atoms with Gasteiger partial charge in [-0.3, -0.25) is 14.6 Å². The van der Waals surface area contributed by atoms with Crippen molar-refractivity contribution in [2.75, 3.05) is 13.1 Å². The maximum Gasteiger partial charge on any atom is 0.266 e. The maximum atomic E-state index is 12.8. The van der Waals surface area contributed by atoms with Gasteiger partial charge in [-0.05, 0) is 39.8 Å². The van der Waals surface area contributed by atoms with Crippen molar-refractivity contribution in [3.63, 3.8) is 0 Å². The lowest BCUT2D eigenvalue weighted by Crippen LogP contribution is -2.42. The molecule has 0 aliphatic heterocycles. The first-order chi connectivity index (χ1) is 11.4. The Morgan fingerprint density at radius 3 is 2.67 bits per heavy atom. The fourth-order valence-corrected chi connectivity index (χ4v) is 3.22. The van der Waals surface area contributed by atoms with Gasteiger partial charge in [-0.25, -0.2) is 4.98 Å². The number of carbonyl (C=O) groups excluding carboxylic acids is 2. The van der Waals surface area contributed by atoms with Crippen molar-refractivity contribution < 1.29 is 9.59 Å². The summed E-state index contributed by atoms with van der Waals surface area (Å²) >= 11 is 1.31. The standard InChI is InChI=1S/C17H22N4O2S/c1-5-21(10-14(22)19-11(2)3)17(23)15-12(4)20-16(24-15)13-8-6-7-9-18-13/h6-9,11H,5,10H2,1-4H3,(H,19,22). The third-order valence-corrected chi connectivity index (χ3v) is 4.50. The number of hydrogen-bond donors (Lipinski definition) is 1. The third kappa shape index (κ3) is 4.38. The number of nitrogens with zero attached hydrogens (tertiary/aromatic N) is 3. The van der Waals surface area contributed by atoms with E-state index in [1.165, 1.54) is 16.2 Å². The molecule has 2 aromatic rings. The van der Waals surface area contributed by atoms with Gasteiger partial charge in [0, 0.05) is 18.8 Å². The first-order valence-corrected chi connectivity index (χ1v) is 8.71. The van der Waals surface area contributed by atoms with Crippen LogP contribution in [0.25, 0.3) is 10.7 Å². The largest absolute Gasteiger partial charge is 0.352 e. The van der Waals surface area contributed by atoms with Crippen LogP contribution < -0.4 is 5.32 Å². The van der Waals surface area contributed by atoms with Crippen molar-refractivity contribution in [3.8, 4) is 10.7 Å². The second-order valence-electron chi connectivity index (χ2n) is 5.69. The van der Waals surface area contributed by atoms with Crippen LogP contribution >= 0.6 is 11.3 Å². The van der Waals surface area contributed by atoms with E-state index in [-0.39, 0.29) is 24.4 Å². The monoisotopic (exact) mass is 346 g/mol. The van der Waals surface area contributed by atoms with E-state index in [9.17, 15) is 9.59 Å². The van der Waals surface area contributed by atoms with E-state index in [2.05, 4.69) is 15.3 Å². The van der Waals surface area contributed by atoms with Gasteiger partial charge in [0.15, 0.2) is 0 Å². The van der Waals surface area contributed by atoms with Gasteiger partial charge < -0.3 is 10.2 Å². The van der Waals surface area contributed by atoms with Crippen LogP contribution in [0.3, 0.4) is 0 Å². The van der Waals surface area contributed by atoms with Crippen LogP contribution in [-0.2, 0) is 4.79 Å². The first-order valence-electron chi connectivity index (χ1n) is 7.89. The SMILES string of the molecule is CCN(CC(=O)NC(C)C)C(=O)c1sc(-c2ccccn2)nc1C. The minimum atomic E-state index is -0.173. The molecule has 0 spiro atoms. The minimum Gasteiger partial charge on any atom is -0.352 e. The zero-order valence-electron chi connectivity index (χ0n) is 14.4. The predicted molar refractivity (Wildman–Crippen MR) is 94.9 cm³/mol. The summed E-state index contributed by atoms with van der Waals surface area (Å²) in [4.78, 5) is 35.5. The normalized spacial score (nSPS) is 10.7. The molecule has 0 aliphatic carbocycles. The highest BCUT2D eigenvalue weighted by Gasteiger charge is 2.23. The van der Waals surface area contributed by atoms with Crippen molar-refractivity contribution in [2.24, 2.45) is 0 Å². The Kier molecular flexibility index (Phi) is 6.03. The number of rotatable bonds is 6. The Balaban J connectivity index is 2.19. The Morgan fingerprint density at radius 1 is 1.33 bits per heavy atom. The molecule has 0 bridgehead atoms. The van der Waals surface area contributed by atoms with Crippen LogP contribution in [0, 0.1) is 6.92 Å². The number of aryl methyl sites for hydroxylation is 1. The number of hydrogen-bond acceptors (Lipinski definition) is 5. The summed E-state index contributed by atoms with van der Waals surface area (Å²) in [6, 6.07) is 5.63. The van der Waals surface area contributed by atoms with Gasteiger partial charge in [0.2, 0.25) is 5.91 Å². The number of nitrogens with one attached hydrogen (secondary N) is 1. The zero-order valence-corrected chi connectivity index (χ0v) is 15.2. The summed E-state index contributed by atoms with van der Waals surface area (Å²) in [5.41, 5.74) is 1.40. The smallest absolute Gasteiger partial charge is 0.266 e. The third-order valence-electron chi connectivity index (χ3n) is 3.33. The average Bonchev–Trinajstić information content (AvgIpc) is 2.94. The lowest BCUT2D eigenvalue weighted by Gasteiger charge is -2.20. The average molecular weight is 346 g/mol. The molecule has 0 unspecified atom stereocenters. The molecule has 2 rings (SSSR count). The van der Waals surface area contributed by atoms with Gasteiger partial charge in [0.25, 0.3) is 5.91 Å². The molecule has 0 radical (unpaired) electrons. The molecule has 2 heterocycles. The van der Waals surface area contributed by atoms with E-state index in [0.29, 0.717) is 22.1 Å². The van der Waals surface area contributed by atoms with Crippen LogP contribution in [0.4, 0.5) is 0 Å². The lowest BCUT2D eigenvalue weighted by atomic mass is 10.3. The fourth-order valence-electron chi connectivity index (χ4n) is 2.21. The maximum absolute atomic E-state index is 12.8. The molecule has 6 nitrogen and oxygen atoms in total. The highest BCUT2D eigenvalue weighted by Crippen LogP contribution is 2.27. The van der Waals surface area contributed by atoms with Crippen LogP contribution in [0.15, 0.2) is 24.4 Å². The predicted octanol–water partition coefficient (Wildman–Crippen LogP) is 2.50. The van der Waals surface area contributed by atoms with E-state index < -0.39 is 0 Å². The van der Waals surface area contributed by atoms with Crippen molar-refractivity contribution >= 4 is 23.2 Å². The van der Waals surface area contributed by atoms with E-state index in [1.807, 2.05) is 39.0 Å². The summed E-state index contributed by atoms with van der Waals surface area (Å²) in [5, 5.41) is 3.51. The van der Waals surface area contributed by atoms with Crippen molar-refractivity contribution in [2.45, 2.75) is 33.7 Å². The summed E-state index contributed by atoms with van der Waals surface area (Å²) in [6.45, 7) is 7.95. The van der Waals surface area contributed by atoms with E-state index in [0.717, 1.165) is 5.69 Å². The van der Waals surface area contributed by atoms with Crippen molar-refractivity contribution in [1.29, 1.82) is 0 Å². The number of pyridine rings is 1. The minimum absolute atomic E-state index is 0.0454. The molecule has 2 aromatic heterocycles. The molecular weight excluding hydrogens is 324 g/mol. The van der Waals surface area contributed by atoms with Gasteiger partial charge >= 0.3 is 0 Å². The molecule has 128 valence electrons. The molecule has 24 heavy (non-hydrogen) atoms. The molecule has 2 amide bonds. The number of likely N-dealkylation sites (N-methyl/N-ethyl adjacent to an activating group) is 1. The molecular formula is C17H22N4O2S. The quantitative estimate of drug-likeness (QED) is 0.872. The molecule has 1 N–H and O–H groups in total. The number of carbonyl (C=O) groups is 2. The summed E-state index contributed by atoms with van der Waals surface area (Å²) in [5.74, 6) is -0.332. The van der Waals surface area contributed by atoms with Crippen molar-refractivity contribution in [1.82, 2.24) is 20.2 Å².